The van der Waals surface area contributed by atoms with Crippen LogP contribution in [0, 0.1) is 13.8 Å². The molecule has 0 atom stereocenters. The van der Waals surface area contributed by atoms with Crippen LogP contribution in [0.3, 0.4) is 0 Å². The van der Waals surface area contributed by atoms with E-state index in [2.05, 4.69) is 12.2 Å². The number of anilines is 1. The van der Waals surface area contributed by atoms with Gasteiger partial charge in [0, 0.05) is 23.7 Å². The highest BCUT2D eigenvalue weighted by atomic mass is 32.1. The Labute approximate surface area is 230 Å². The van der Waals surface area contributed by atoms with Crippen LogP contribution in [-0.4, -0.2) is 55.6 Å². The van der Waals surface area contributed by atoms with Gasteiger partial charge in [-0.05, 0) is 67.5 Å². The number of nitrogens with zero attached hydrogens (tertiary/aromatic N) is 2. The SMILES string of the molecule is CCCCN(CC(=O)N(CCc1ccc(OC)c(OC)c1)Cc1cccs1)C(=O)Nc1ccc(C)cc1C. The number of amides is 3. The zero-order valence-corrected chi connectivity index (χ0v) is 23.9. The third-order valence-corrected chi connectivity index (χ3v) is 7.28. The third kappa shape index (κ3) is 8.25. The molecular formula is C30H39N3O4S. The predicted molar refractivity (Wildman–Crippen MR) is 154 cm³/mol. The molecule has 2 aromatic carbocycles. The van der Waals surface area contributed by atoms with Crippen LogP contribution in [0.15, 0.2) is 53.9 Å². The Kier molecular flexibility index (Phi) is 11.0. The van der Waals surface area contributed by atoms with Gasteiger partial charge in [0.15, 0.2) is 11.5 Å². The summed E-state index contributed by atoms with van der Waals surface area (Å²) in [4.78, 5) is 31.5. The predicted octanol–water partition coefficient (Wildman–Crippen LogP) is 6.29. The monoisotopic (exact) mass is 537 g/mol. The first-order valence-electron chi connectivity index (χ1n) is 13.0. The van der Waals surface area contributed by atoms with Crippen molar-refractivity contribution in [1.29, 1.82) is 0 Å². The van der Waals surface area contributed by atoms with Crippen LogP contribution in [0.4, 0.5) is 10.5 Å². The molecule has 1 N–H and O–H groups in total. The molecule has 0 aliphatic rings. The van der Waals surface area contributed by atoms with E-state index < -0.39 is 0 Å². The Bertz CT molecular complexity index is 1200. The van der Waals surface area contributed by atoms with E-state index in [1.807, 2.05) is 72.7 Å². The molecule has 0 spiro atoms. The summed E-state index contributed by atoms with van der Waals surface area (Å²) in [5.41, 5.74) is 3.94. The lowest BCUT2D eigenvalue weighted by molar-refractivity contribution is -0.132. The highest BCUT2D eigenvalue weighted by Crippen LogP contribution is 2.28. The molecule has 8 heteroatoms. The molecule has 204 valence electrons. The van der Waals surface area contributed by atoms with Crippen molar-refractivity contribution in [2.75, 3.05) is 39.2 Å². The molecule has 1 heterocycles. The Morgan fingerprint density at radius 3 is 2.39 bits per heavy atom. The van der Waals surface area contributed by atoms with E-state index in [-0.39, 0.29) is 18.5 Å². The van der Waals surface area contributed by atoms with Crippen LogP contribution in [-0.2, 0) is 17.8 Å². The quantitative estimate of drug-likeness (QED) is 0.278. The minimum absolute atomic E-state index is 0.0219. The van der Waals surface area contributed by atoms with Crippen LogP contribution in [0.5, 0.6) is 11.5 Å². The lowest BCUT2D eigenvalue weighted by atomic mass is 10.1. The molecule has 0 bridgehead atoms. The summed E-state index contributed by atoms with van der Waals surface area (Å²) in [7, 11) is 3.22. The maximum absolute atomic E-state index is 13.6. The van der Waals surface area contributed by atoms with Crippen molar-refractivity contribution in [3.8, 4) is 11.5 Å². The molecule has 0 saturated heterocycles. The second-order valence-electron chi connectivity index (χ2n) is 9.36. The average Bonchev–Trinajstić information content (AvgIpc) is 3.43. The van der Waals surface area contributed by atoms with Crippen LogP contribution in [0.25, 0.3) is 0 Å². The largest absolute Gasteiger partial charge is 0.493 e. The number of benzene rings is 2. The van der Waals surface area contributed by atoms with E-state index in [9.17, 15) is 9.59 Å². The lowest BCUT2D eigenvalue weighted by Gasteiger charge is -2.28. The topological polar surface area (TPSA) is 71.1 Å². The molecule has 7 nitrogen and oxygen atoms in total. The Balaban J connectivity index is 1.74. The molecule has 0 unspecified atom stereocenters. The van der Waals surface area contributed by atoms with E-state index in [1.54, 1.807) is 30.5 Å². The molecule has 0 fully saturated rings. The molecule has 0 aliphatic carbocycles. The number of carbonyl (C=O) groups excluding carboxylic acids is 2. The average molecular weight is 538 g/mol. The molecule has 0 aliphatic heterocycles. The van der Waals surface area contributed by atoms with Gasteiger partial charge in [-0.15, -0.1) is 11.3 Å². The summed E-state index contributed by atoms with van der Waals surface area (Å²) < 4.78 is 10.8. The van der Waals surface area contributed by atoms with Gasteiger partial charge in [-0.3, -0.25) is 4.79 Å². The Morgan fingerprint density at radius 1 is 0.947 bits per heavy atom. The summed E-state index contributed by atoms with van der Waals surface area (Å²) >= 11 is 1.62. The fraction of sp³-hybridized carbons (Fsp3) is 0.400. The fourth-order valence-electron chi connectivity index (χ4n) is 4.20. The van der Waals surface area contributed by atoms with Gasteiger partial charge >= 0.3 is 6.03 Å². The number of aryl methyl sites for hydroxylation is 2. The van der Waals surface area contributed by atoms with Gasteiger partial charge in [-0.2, -0.15) is 0 Å². The lowest BCUT2D eigenvalue weighted by Crippen LogP contribution is -2.45. The summed E-state index contributed by atoms with van der Waals surface area (Å²) in [6, 6.07) is 15.5. The van der Waals surface area contributed by atoms with E-state index in [1.165, 1.54) is 0 Å². The van der Waals surface area contributed by atoms with Crippen molar-refractivity contribution in [1.82, 2.24) is 9.80 Å². The van der Waals surface area contributed by atoms with Crippen LogP contribution >= 0.6 is 11.3 Å². The van der Waals surface area contributed by atoms with Gasteiger partial charge in [-0.25, -0.2) is 4.79 Å². The van der Waals surface area contributed by atoms with Gasteiger partial charge in [0.1, 0.15) is 6.54 Å². The van der Waals surface area contributed by atoms with Gasteiger partial charge in [0.2, 0.25) is 5.91 Å². The van der Waals surface area contributed by atoms with E-state index >= 15 is 0 Å². The normalized spacial score (nSPS) is 10.7. The van der Waals surface area contributed by atoms with Crippen molar-refractivity contribution in [2.45, 2.75) is 46.6 Å². The first-order chi connectivity index (χ1) is 18.3. The highest BCUT2D eigenvalue weighted by Gasteiger charge is 2.22. The van der Waals surface area contributed by atoms with Crippen molar-refractivity contribution in [3.63, 3.8) is 0 Å². The number of thiophene rings is 1. The van der Waals surface area contributed by atoms with Crippen molar-refractivity contribution < 1.29 is 19.1 Å². The maximum atomic E-state index is 13.6. The number of rotatable bonds is 13. The molecule has 3 aromatic rings. The summed E-state index contributed by atoms with van der Waals surface area (Å²) in [6.45, 7) is 7.64. The van der Waals surface area contributed by atoms with E-state index in [0.29, 0.717) is 37.6 Å². The number of urea groups is 1. The minimum Gasteiger partial charge on any atom is -0.493 e. The van der Waals surface area contributed by atoms with Crippen molar-refractivity contribution >= 4 is 29.0 Å². The molecule has 3 rings (SSSR count). The number of methoxy groups -OCH3 is 2. The minimum atomic E-state index is -0.255. The molecule has 3 amide bonds. The maximum Gasteiger partial charge on any atom is 0.322 e. The van der Waals surface area contributed by atoms with Gasteiger partial charge in [0.25, 0.3) is 0 Å². The number of ether oxygens (including phenoxy) is 2. The number of nitrogens with one attached hydrogen (secondary N) is 1. The summed E-state index contributed by atoms with van der Waals surface area (Å²) in [5, 5.41) is 5.02. The Morgan fingerprint density at radius 2 is 1.74 bits per heavy atom. The zero-order chi connectivity index (χ0) is 27.5. The Hall–Kier alpha value is -3.52. The second kappa shape index (κ2) is 14.4. The van der Waals surface area contributed by atoms with Crippen molar-refractivity contribution in [2.24, 2.45) is 0 Å². The second-order valence-corrected chi connectivity index (χ2v) is 10.4. The standard InChI is InChI=1S/C30H39N3O4S/c1-6-7-15-33(30(35)31-26-12-10-22(2)18-23(26)3)21-29(34)32(20-25-9-8-17-38-25)16-14-24-11-13-27(36-4)28(19-24)37-5/h8-13,17-19H,6-7,14-16,20-21H2,1-5H3,(H,31,35). The number of carbonyl (C=O) groups is 2. The first-order valence-corrected chi connectivity index (χ1v) is 13.9. The smallest absolute Gasteiger partial charge is 0.322 e. The van der Waals surface area contributed by atoms with Gasteiger partial charge in [0.05, 0.1) is 20.8 Å². The molecule has 0 radical (unpaired) electrons. The van der Waals surface area contributed by atoms with Crippen LogP contribution < -0.4 is 14.8 Å². The molecule has 1 aromatic heterocycles. The molecule has 38 heavy (non-hydrogen) atoms. The fourth-order valence-corrected chi connectivity index (χ4v) is 4.91. The third-order valence-electron chi connectivity index (χ3n) is 6.42. The van der Waals surface area contributed by atoms with E-state index in [0.717, 1.165) is 40.1 Å². The van der Waals surface area contributed by atoms with Gasteiger partial charge in [-0.1, -0.05) is 43.2 Å². The van der Waals surface area contributed by atoms with E-state index in [4.69, 9.17) is 9.47 Å². The highest BCUT2D eigenvalue weighted by molar-refractivity contribution is 7.09. The summed E-state index contributed by atoms with van der Waals surface area (Å²) in [6.07, 6.45) is 2.41. The zero-order valence-electron chi connectivity index (χ0n) is 23.1. The van der Waals surface area contributed by atoms with Crippen molar-refractivity contribution in [3.05, 3.63) is 75.5 Å². The number of hydrogen-bond donors (Lipinski definition) is 1. The molecular weight excluding hydrogens is 498 g/mol. The van der Waals surface area contributed by atoms with Crippen LogP contribution in [0.1, 0.15) is 41.3 Å². The number of unbranched alkanes of at least 4 members (excludes halogenated alkanes) is 1. The first kappa shape index (κ1) is 29.0. The molecule has 0 saturated carbocycles. The summed E-state index contributed by atoms with van der Waals surface area (Å²) in [5.74, 6) is 1.25. The van der Waals surface area contributed by atoms with Gasteiger partial charge < -0.3 is 24.6 Å². The van der Waals surface area contributed by atoms with Crippen LogP contribution in [0.2, 0.25) is 0 Å². The number of hydrogen-bond acceptors (Lipinski definition) is 5.